The van der Waals surface area contributed by atoms with Gasteiger partial charge in [-0.1, -0.05) is 51.1 Å². The highest BCUT2D eigenvalue weighted by Gasteiger charge is 2.40. The molecular weight excluding hydrogens is 362 g/mol. The second-order valence-corrected chi connectivity index (χ2v) is 7.91. The third-order valence-electron chi connectivity index (χ3n) is 5.02. The minimum absolute atomic E-state index is 0. The number of nitrogens with two attached hydrogens (primary N) is 2. The number of hydrogen-bond donors (Lipinski definition) is 2. The van der Waals surface area contributed by atoms with E-state index in [9.17, 15) is 9.59 Å². The standard InChI is InChI=1S/C21H25N3O2.ClH/c1-12-13-8-5-6-9-14(13)17-15(22)10-7-11-16(17)24(19(12)25)20(26)18(23)21(2,3)4;/h5-12,18H,22-23H2,1-4H3;1H/t12-,18-;/m1./s1. The topological polar surface area (TPSA) is 89.4 Å². The van der Waals surface area contributed by atoms with Gasteiger partial charge in [0.15, 0.2) is 0 Å². The van der Waals surface area contributed by atoms with Gasteiger partial charge in [-0.2, -0.15) is 0 Å². The molecule has 6 heteroatoms. The van der Waals surface area contributed by atoms with Crippen molar-refractivity contribution in [3.05, 3.63) is 48.0 Å². The van der Waals surface area contributed by atoms with Gasteiger partial charge < -0.3 is 11.5 Å². The summed E-state index contributed by atoms with van der Waals surface area (Å²) in [5, 5.41) is 0. The van der Waals surface area contributed by atoms with Crippen molar-refractivity contribution in [3.63, 3.8) is 0 Å². The Bertz CT molecular complexity index is 889. The van der Waals surface area contributed by atoms with Gasteiger partial charge in [0.2, 0.25) is 5.91 Å². The first-order chi connectivity index (χ1) is 12.1. The summed E-state index contributed by atoms with van der Waals surface area (Å²) in [7, 11) is 0. The summed E-state index contributed by atoms with van der Waals surface area (Å²) in [6.45, 7) is 7.47. The van der Waals surface area contributed by atoms with Crippen LogP contribution in [0.2, 0.25) is 0 Å². The van der Waals surface area contributed by atoms with E-state index < -0.39 is 23.3 Å². The quantitative estimate of drug-likeness (QED) is 0.730. The van der Waals surface area contributed by atoms with Gasteiger partial charge in [-0.05, 0) is 35.6 Å². The lowest BCUT2D eigenvalue weighted by Gasteiger charge is -2.32. The molecule has 2 aromatic carbocycles. The van der Waals surface area contributed by atoms with E-state index in [0.717, 1.165) is 11.1 Å². The number of imide groups is 1. The van der Waals surface area contributed by atoms with Crippen molar-refractivity contribution in [2.75, 3.05) is 10.6 Å². The molecule has 0 bridgehead atoms. The van der Waals surface area contributed by atoms with Crippen LogP contribution >= 0.6 is 12.4 Å². The first-order valence-electron chi connectivity index (χ1n) is 8.75. The summed E-state index contributed by atoms with van der Waals surface area (Å²) in [5.74, 6) is -1.17. The lowest BCUT2D eigenvalue weighted by Crippen LogP contribution is -2.53. The molecule has 4 N–H and O–H groups in total. The third kappa shape index (κ3) is 3.45. The van der Waals surface area contributed by atoms with Crippen molar-refractivity contribution in [3.8, 4) is 11.1 Å². The Morgan fingerprint density at radius 1 is 1.11 bits per heavy atom. The van der Waals surface area contributed by atoms with Crippen LogP contribution in [0.5, 0.6) is 0 Å². The maximum Gasteiger partial charge on any atom is 0.251 e. The van der Waals surface area contributed by atoms with Gasteiger partial charge in [0.25, 0.3) is 5.91 Å². The summed E-state index contributed by atoms with van der Waals surface area (Å²) in [4.78, 5) is 27.7. The van der Waals surface area contributed by atoms with Crippen LogP contribution in [0.4, 0.5) is 11.4 Å². The number of halogens is 1. The highest BCUT2D eigenvalue weighted by atomic mass is 35.5. The molecule has 1 heterocycles. The van der Waals surface area contributed by atoms with Gasteiger partial charge in [0.05, 0.1) is 17.6 Å². The molecule has 1 aliphatic heterocycles. The molecule has 0 saturated heterocycles. The second-order valence-electron chi connectivity index (χ2n) is 7.91. The van der Waals surface area contributed by atoms with Crippen LogP contribution in [-0.4, -0.2) is 17.9 Å². The Labute approximate surface area is 166 Å². The minimum atomic E-state index is -0.811. The van der Waals surface area contributed by atoms with Crippen molar-refractivity contribution >= 4 is 35.6 Å². The number of amides is 2. The Hall–Kier alpha value is -2.37. The number of fused-ring (bicyclic) bond motifs is 3. The average molecular weight is 388 g/mol. The van der Waals surface area contributed by atoms with Crippen LogP contribution in [0, 0.1) is 5.41 Å². The molecule has 2 amide bonds. The van der Waals surface area contributed by atoms with Gasteiger partial charge in [0, 0.05) is 11.3 Å². The SMILES string of the molecule is C[C@H]1C(=O)N(C(=O)[C@@H](N)C(C)(C)C)c2cccc(N)c2-c2ccccc21.Cl. The molecular formula is C21H26ClN3O2. The Morgan fingerprint density at radius 3 is 2.37 bits per heavy atom. The van der Waals surface area contributed by atoms with E-state index in [4.69, 9.17) is 11.5 Å². The second kappa shape index (κ2) is 7.33. The molecule has 0 saturated carbocycles. The van der Waals surface area contributed by atoms with Gasteiger partial charge in [-0.15, -0.1) is 12.4 Å². The van der Waals surface area contributed by atoms with E-state index in [1.807, 2.05) is 52.0 Å². The van der Waals surface area contributed by atoms with E-state index >= 15 is 0 Å². The molecule has 144 valence electrons. The predicted octanol–water partition coefficient (Wildman–Crippen LogP) is 3.71. The van der Waals surface area contributed by atoms with Gasteiger partial charge in [-0.3, -0.25) is 9.59 Å². The van der Waals surface area contributed by atoms with E-state index in [1.54, 1.807) is 18.2 Å². The molecule has 0 fully saturated rings. The minimum Gasteiger partial charge on any atom is -0.398 e. The first-order valence-corrected chi connectivity index (χ1v) is 8.75. The largest absolute Gasteiger partial charge is 0.398 e. The fourth-order valence-corrected chi connectivity index (χ4v) is 3.32. The zero-order valence-corrected chi connectivity index (χ0v) is 16.8. The maximum absolute atomic E-state index is 13.3. The van der Waals surface area contributed by atoms with Crippen LogP contribution in [-0.2, 0) is 9.59 Å². The van der Waals surface area contributed by atoms with Crippen molar-refractivity contribution in [2.45, 2.75) is 39.7 Å². The fraction of sp³-hybridized carbons (Fsp3) is 0.333. The summed E-state index contributed by atoms with van der Waals surface area (Å²) in [5.41, 5.74) is 15.5. The normalized spacial score (nSPS) is 17.3. The number of anilines is 2. The van der Waals surface area contributed by atoms with Crippen molar-refractivity contribution in [2.24, 2.45) is 11.1 Å². The van der Waals surface area contributed by atoms with E-state index in [2.05, 4.69) is 0 Å². The number of nitrogen functional groups attached to an aromatic ring is 1. The highest BCUT2D eigenvalue weighted by molar-refractivity contribution is 6.22. The lowest BCUT2D eigenvalue weighted by molar-refractivity contribution is -0.129. The zero-order chi connectivity index (χ0) is 19.2. The Kier molecular flexibility index (Phi) is 5.68. The van der Waals surface area contributed by atoms with E-state index in [0.29, 0.717) is 16.9 Å². The van der Waals surface area contributed by atoms with Crippen LogP contribution in [0.15, 0.2) is 42.5 Å². The number of carbonyl (C=O) groups excluding carboxylic acids is 2. The molecule has 1 aliphatic rings. The van der Waals surface area contributed by atoms with Crippen LogP contribution < -0.4 is 16.4 Å². The monoisotopic (exact) mass is 387 g/mol. The van der Waals surface area contributed by atoms with Crippen molar-refractivity contribution in [1.82, 2.24) is 0 Å². The third-order valence-corrected chi connectivity index (χ3v) is 5.02. The molecule has 0 spiro atoms. The number of hydrogen-bond acceptors (Lipinski definition) is 4. The molecule has 5 nitrogen and oxygen atoms in total. The van der Waals surface area contributed by atoms with Crippen LogP contribution in [0.25, 0.3) is 11.1 Å². The van der Waals surface area contributed by atoms with Crippen LogP contribution in [0.3, 0.4) is 0 Å². The predicted molar refractivity (Wildman–Crippen MR) is 112 cm³/mol. The van der Waals surface area contributed by atoms with Crippen molar-refractivity contribution < 1.29 is 9.59 Å². The number of benzene rings is 2. The Balaban J connectivity index is 0.00000261. The summed E-state index contributed by atoms with van der Waals surface area (Å²) in [6.07, 6.45) is 0. The van der Waals surface area contributed by atoms with Gasteiger partial charge >= 0.3 is 0 Å². The summed E-state index contributed by atoms with van der Waals surface area (Å²) >= 11 is 0. The number of rotatable bonds is 1. The van der Waals surface area contributed by atoms with Crippen molar-refractivity contribution in [1.29, 1.82) is 0 Å². The molecule has 0 aliphatic carbocycles. The molecule has 2 atom stereocenters. The molecule has 2 aromatic rings. The lowest BCUT2D eigenvalue weighted by atomic mass is 9.86. The van der Waals surface area contributed by atoms with Crippen LogP contribution in [0.1, 0.15) is 39.2 Å². The molecule has 0 unspecified atom stereocenters. The zero-order valence-electron chi connectivity index (χ0n) is 16.0. The van der Waals surface area contributed by atoms with E-state index in [-0.39, 0.29) is 18.3 Å². The van der Waals surface area contributed by atoms with Gasteiger partial charge in [-0.25, -0.2) is 4.90 Å². The first kappa shape index (κ1) is 20.9. The smallest absolute Gasteiger partial charge is 0.251 e. The number of nitrogens with zero attached hydrogens (tertiary/aromatic N) is 1. The molecule has 27 heavy (non-hydrogen) atoms. The highest BCUT2D eigenvalue weighted by Crippen LogP contribution is 2.44. The van der Waals surface area contributed by atoms with Gasteiger partial charge in [0.1, 0.15) is 0 Å². The maximum atomic E-state index is 13.3. The molecule has 3 rings (SSSR count). The average Bonchev–Trinajstić information content (AvgIpc) is 2.68. The van der Waals surface area contributed by atoms with E-state index in [1.165, 1.54) is 4.90 Å². The molecule has 0 radical (unpaired) electrons. The summed E-state index contributed by atoms with van der Waals surface area (Å²) < 4.78 is 0. The fourth-order valence-electron chi connectivity index (χ4n) is 3.32. The molecule has 0 aromatic heterocycles. The number of carbonyl (C=O) groups is 2. The Morgan fingerprint density at radius 2 is 1.74 bits per heavy atom. The summed E-state index contributed by atoms with van der Waals surface area (Å²) in [6, 6.07) is 12.1.